The highest BCUT2D eigenvalue weighted by molar-refractivity contribution is 5.78. The lowest BCUT2D eigenvalue weighted by atomic mass is 10.1. The summed E-state index contributed by atoms with van der Waals surface area (Å²) in [5.74, 6) is 0.0872. The molecule has 112 valence electrons. The number of carbonyl (C=O) groups is 1. The second kappa shape index (κ2) is 9.44. The highest BCUT2D eigenvalue weighted by Gasteiger charge is 2.20. The summed E-state index contributed by atoms with van der Waals surface area (Å²) < 4.78 is 5.09. The summed E-state index contributed by atoms with van der Waals surface area (Å²) in [4.78, 5) is 18.6. The molecule has 1 N–H and O–H groups in total. The van der Waals surface area contributed by atoms with Gasteiger partial charge < -0.3 is 15.0 Å². The first-order chi connectivity index (χ1) is 9.69. The van der Waals surface area contributed by atoms with Crippen molar-refractivity contribution in [3.8, 4) is 0 Å². The largest absolute Gasteiger partial charge is 0.383 e. The minimum atomic E-state index is -0.0458. The van der Waals surface area contributed by atoms with Crippen LogP contribution in [0.4, 0.5) is 0 Å². The fraction of sp³-hybridized carbons (Fsp3) is 0.600. The standard InChI is InChI=1S/C15H25N3O2/c1-4-16-11-13(2)15(19)18(9-10-20-3)12-14-7-5-6-8-17-14/h5-8,13,16H,4,9-12H2,1-3H3. The molecule has 0 aliphatic heterocycles. The second-order valence-electron chi connectivity index (χ2n) is 4.78. The van der Waals surface area contributed by atoms with Gasteiger partial charge in [0.25, 0.3) is 0 Å². The van der Waals surface area contributed by atoms with Crippen molar-refractivity contribution in [3.63, 3.8) is 0 Å². The molecule has 0 aromatic carbocycles. The number of hydrogen-bond donors (Lipinski definition) is 1. The first kappa shape index (κ1) is 16.6. The van der Waals surface area contributed by atoms with E-state index >= 15 is 0 Å². The Morgan fingerprint density at radius 3 is 2.90 bits per heavy atom. The van der Waals surface area contributed by atoms with Crippen LogP contribution >= 0.6 is 0 Å². The van der Waals surface area contributed by atoms with Crippen LogP contribution in [0.25, 0.3) is 0 Å². The van der Waals surface area contributed by atoms with Crippen LogP contribution < -0.4 is 5.32 Å². The van der Waals surface area contributed by atoms with Crippen molar-refractivity contribution in [3.05, 3.63) is 30.1 Å². The van der Waals surface area contributed by atoms with Gasteiger partial charge in [0.05, 0.1) is 18.8 Å². The third kappa shape index (κ3) is 5.67. The van der Waals surface area contributed by atoms with Crippen LogP contribution in [-0.4, -0.2) is 49.1 Å². The first-order valence-electron chi connectivity index (χ1n) is 7.07. The molecule has 0 spiro atoms. The molecule has 5 nitrogen and oxygen atoms in total. The maximum Gasteiger partial charge on any atom is 0.227 e. The first-order valence-corrected chi connectivity index (χ1v) is 7.07. The van der Waals surface area contributed by atoms with E-state index in [0.29, 0.717) is 26.2 Å². The number of hydrogen-bond acceptors (Lipinski definition) is 4. The molecule has 0 aliphatic carbocycles. The van der Waals surface area contributed by atoms with Gasteiger partial charge in [0, 0.05) is 32.3 Å². The van der Waals surface area contributed by atoms with E-state index in [9.17, 15) is 4.79 Å². The van der Waals surface area contributed by atoms with Gasteiger partial charge in [-0.05, 0) is 18.7 Å². The molecule has 0 bridgehead atoms. The van der Waals surface area contributed by atoms with Gasteiger partial charge >= 0.3 is 0 Å². The van der Waals surface area contributed by atoms with Crippen molar-refractivity contribution >= 4 is 5.91 Å². The normalized spacial score (nSPS) is 12.2. The molecule has 1 amide bonds. The lowest BCUT2D eigenvalue weighted by Crippen LogP contribution is -2.40. The van der Waals surface area contributed by atoms with Crippen LogP contribution in [0.5, 0.6) is 0 Å². The SMILES string of the molecule is CCNCC(C)C(=O)N(CCOC)Cc1ccccn1. The van der Waals surface area contributed by atoms with E-state index < -0.39 is 0 Å². The molecule has 1 aromatic rings. The molecule has 1 aromatic heterocycles. The van der Waals surface area contributed by atoms with Crippen LogP contribution in [0.2, 0.25) is 0 Å². The summed E-state index contributed by atoms with van der Waals surface area (Å²) in [6, 6.07) is 5.74. The summed E-state index contributed by atoms with van der Waals surface area (Å²) >= 11 is 0. The van der Waals surface area contributed by atoms with Crippen molar-refractivity contribution in [2.24, 2.45) is 5.92 Å². The monoisotopic (exact) mass is 279 g/mol. The number of methoxy groups -OCH3 is 1. The van der Waals surface area contributed by atoms with Gasteiger partial charge in [-0.1, -0.05) is 19.9 Å². The third-order valence-electron chi connectivity index (χ3n) is 3.08. The predicted octanol–water partition coefficient (Wildman–Crippen LogP) is 1.30. The number of carbonyl (C=O) groups excluding carboxylic acids is 1. The number of amides is 1. The van der Waals surface area contributed by atoms with Crippen molar-refractivity contribution in [2.75, 3.05) is 33.4 Å². The van der Waals surface area contributed by atoms with E-state index in [1.54, 1.807) is 13.3 Å². The Kier molecular flexibility index (Phi) is 7.84. The molecular weight excluding hydrogens is 254 g/mol. The van der Waals surface area contributed by atoms with Crippen LogP contribution in [-0.2, 0) is 16.1 Å². The number of aromatic nitrogens is 1. The summed E-state index contributed by atoms with van der Waals surface area (Å²) in [7, 11) is 1.64. The second-order valence-corrected chi connectivity index (χ2v) is 4.78. The Balaban J connectivity index is 2.65. The number of nitrogens with one attached hydrogen (secondary N) is 1. The molecule has 1 rings (SSSR count). The van der Waals surface area contributed by atoms with Crippen LogP contribution in [0.3, 0.4) is 0 Å². The van der Waals surface area contributed by atoms with Gasteiger partial charge in [0.1, 0.15) is 0 Å². The van der Waals surface area contributed by atoms with Gasteiger partial charge in [0.2, 0.25) is 5.91 Å². The lowest BCUT2D eigenvalue weighted by molar-refractivity contribution is -0.136. The third-order valence-corrected chi connectivity index (χ3v) is 3.08. The number of pyridine rings is 1. The zero-order chi connectivity index (χ0) is 14.8. The quantitative estimate of drug-likeness (QED) is 0.740. The minimum Gasteiger partial charge on any atom is -0.383 e. The Hall–Kier alpha value is -1.46. The van der Waals surface area contributed by atoms with Gasteiger partial charge in [-0.3, -0.25) is 9.78 Å². The molecule has 5 heteroatoms. The molecule has 1 unspecified atom stereocenters. The fourth-order valence-electron chi connectivity index (χ4n) is 1.92. The predicted molar refractivity (Wildman–Crippen MR) is 79.2 cm³/mol. The molecule has 1 atom stereocenters. The van der Waals surface area contributed by atoms with Gasteiger partial charge in [-0.2, -0.15) is 0 Å². The molecule has 20 heavy (non-hydrogen) atoms. The average molecular weight is 279 g/mol. The number of rotatable bonds is 9. The van der Waals surface area contributed by atoms with Crippen LogP contribution in [0.1, 0.15) is 19.5 Å². The summed E-state index contributed by atoms with van der Waals surface area (Å²) in [6.07, 6.45) is 1.75. The fourth-order valence-corrected chi connectivity index (χ4v) is 1.92. The Bertz CT molecular complexity index is 384. The summed E-state index contributed by atoms with van der Waals surface area (Å²) in [5, 5.41) is 3.21. The smallest absolute Gasteiger partial charge is 0.227 e. The van der Waals surface area contributed by atoms with E-state index in [4.69, 9.17) is 4.74 Å². The topological polar surface area (TPSA) is 54.5 Å². The van der Waals surface area contributed by atoms with Crippen molar-refractivity contribution in [1.82, 2.24) is 15.2 Å². The molecule has 1 heterocycles. The van der Waals surface area contributed by atoms with Gasteiger partial charge in [-0.15, -0.1) is 0 Å². The zero-order valence-corrected chi connectivity index (χ0v) is 12.6. The van der Waals surface area contributed by atoms with Gasteiger partial charge in [-0.25, -0.2) is 0 Å². The Morgan fingerprint density at radius 1 is 1.50 bits per heavy atom. The average Bonchev–Trinajstić information content (AvgIpc) is 2.49. The zero-order valence-electron chi connectivity index (χ0n) is 12.6. The summed E-state index contributed by atoms with van der Waals surface area (Å²) in [5.41, 5.74) is 0.896. The molecule has 0 aliphatic rings. The van der Waals surface area contributed by atoms with E-state index in [1.807, 2.05) is 36.9 Å². The van der Waals surface area contributed by atoms with Crippen molar-refractivity contribution in [1.29, 1.82) is 0 Å². The van der Waals surface area contributed by atoms with Crippen LogP contribution in [0, 0.1) is 5.92 Å². The van der Waals surface area contributed by atoms with E-state index in [0.717, 1.165) is 12.2 Å². The molecule has 0 saturated heterocycles. The Morgan fingerprint density at radius 2 is 2.30 bits per heavy atom. The van der Waals surface area contributed by atoms with Crippen molar-refractivity contribution < 1.29 is 9.53 Å². The van der Waals surface area contributed by atoms with E-state index in [-0.39, 0.29) is 11.8 Å². The highest BCUT2D eigenvalue weighted by atomic mass is 16.5. The maximum atomic E-state index is 12.5. The molecular formula is C15H25N3O2. The molecule has 0 fully saturated rings. The van der Waals surface area contributed by atoms with Crippen molar-refractivity contribution in [2.45, 2.75) is 20.4 Å². The number of nitrogens with zero attached hydrogens (tertiary/aromatic N) is 2. The van der Waals surface area contributed by atoms with E-state index in [1.165, 1.54) is 0 Å². The highest BCUT2D eigenvalue weighted by Crippen LogP contribution is 2.07. The molecule has 0 radical (unpaired) electrons. The Labute approximate surface area is 121 Å². The summed E-state index contributed by atoms with van der Waals surface area (Å²) in [6.45, 7) is 7.20. The number of ether oxygens (including phenoxy) is 1. The van der Waals surface area contributed by atoms with E-state index in [2.05, 4.69) is 10.3 Å². The van der Waals surface area contributed by atoms with Crippen LogP contribution in [0.15, 0.2) is 24.4 Å². The minimum absolute atomic E-state index is 0.0458. The molecule has 0 saturated carbocycles. The maximum absolute atomic E-state index is 12.5. The van der Waals surface area contributed by atoms with Gasteiger partial charge in [0.15, 0.2) is 0 Å². The lowest BCUT2D eigenvalue weighted by Gasteiger charge is -2.25.